The lowest BCUT2D eigenvalue weighted by atomic mass is 9.58. The fourth-order valence-corrected chi connectivity index (χ4v) is 6.40. The number of carbonyl (C=O) groups excluding carboxylic acids is 3. The summed E-state index contributed by atoms with van der Waals surface area (Å²) in [5, 5.41) is 48.4. The minimum atomic E-state index is -2.63. The van der Waals surface area contributed by atoms with Gasteiger partial charge in [0.05, 0.1) is 11.6 Å². The lowest BCUT2D eigenvalue weighted by Gasteiger charge is -2.50. The van der Waals surface area contributed by atoms with Crippen molar-refractivity contribution in [2.75, 3.05) is 20.6 Å². The zero-order valence-electron chi connectivity index (χ0n) is 22.5. The van der Waals surface area contributed by atoms with Gasteiger partial charge < -0.3 is 31.5 Å². The van der Waals surface area contributed by atoms with Gasteiger partial charge >= 0.3 is 0 Å². The Kier molecular flexibility index (Phi) is 7.20. The number of aliphatic hydroxyl groups excluding tert-OH is 2. The van der Waals surface area contributed by atoms with Crippen molar-refractivity contribution in [2.24, 2.45) is 23.5 Å². The van der Waals surface area contributed by atoms with Gasteiger partial charge in [-0.2, -0.15) is 0 Å². The van der Waals surface area contributed by atoms with Crippen molar-refractivity contribution in [3.8, 4) is 5.75 Å². The number of benzene rings is 1. The third kappa shape index (κ3) is 4.02. The number of fused-ring (bicyclic) bond motifs is 3. The first-order valence-electron chi connectivity index (χ1n) is 13.0. The third-order valence-electron chi connectivity index (χ3n) is 8.14. The van der Waals surface area contributed by atoms with Crippen LogP contribution in [0.2, 0.25) is 0 Å². The molecule has 206 valence electrons. The van der Waals surface area contributed by atoms with Crippen molar-refractivity contribution >= 4 is 17.5 Å². The lowest BCUT2D eigenvalue weighted by molar-refractivity contribution is -0.148. The van der Waals surface area contributed by atoms with Crippen LogP contribution in [0, 0.1) is 17.8 Å². The van der Waals surface area contributed by atoms with Gasteiger partial charge in [-0.15, -0.1) is 0 Å². The van der Waals surface area contributed by atoms with E-state index in [1.165, 1.54) is 4.90 Å². The number of hydrogen-bond acceptors (Lipinski definition) is 9. The Morgan fingerprint density at radius 1 is 1.21 bits per heavy atom. The summed E-state index contributed by atoms with van der Waals surface area (Å²) in [4.78, 5) is 40.9. The van der Waals surface area contributed by atoms with Crippen molar-refractivity contribution in [1.82, 2.24) is 10.2 Å². The molecule has 38 heavy (non-hydrogen) atoms. The lowest BCUT2D eigenvalue weighted by Crippen LogP contribution is -2.63. The summed E-state index contributed by atoms with van der Waals surface area (Å²) in [7, 11) is 3.21. The number of Topliss-reactive ketones (excluding diaryl/α,β-unsaturated/α-hetero) is 2. The molecule has 3 aliphatic rings. The summed E-state index contributed by atoms with van der Waals surface area (Å²) in [6.45, 7) is 7.13. The Labute approximate surface area is 221 Å². The molecule has 3 aliphatic carbocycles. The predicted octanol–water partition coefficient (Wildman–Crippen LogP) is 1.43. The molecule has 0 heterocycles. The Morgan fingerprint density at radius 3 is 2.42 bits per heavy atom. The molecule has 4 rings (SSSR count). The first-order valence-corrected chi connectivity index (χ1v) is 13.0. The number of aliphatic hydroxyl groups is 3. The van der Waals surface area contributed by atoms with E-state index in [9.17, 15) is 34.8 Å². The molecule has 0 aliphatic heterocycles. The second kappa shape index (κ2) is 9.83. The van der Waals surface area contributed by atoms with E-state index < -0.39 is 58.0 Å². The topological polar surface area (TPSA) is 173 Å². The molecule has 0 fully saturated rings. The zero-order chi connectivity index (χ0) is 28.3. The van der Waals surface area contributed by atoms with Gasteiger partial charge in [-0.1, -0.05) is 26.8 Å². The molecule has 7 N–H and O–H groups in total. The summed E-state index contributed by atoms with van der Waals surface area (Å²) >= 11 is 0. The normalized spacial score (nSPS) is 27.1. The summed E-state index contributed by atoms with van der Waals surface area (Å²) in [5.41, 5.74) is 3.97. The standard InChI is InChI=1S/C28H37N3O7/c1-6-13-7-15(11-30-10-12(2)3)22(32)19-16(13)8-14-9-17-21(31(4)5)24(34)20(27(29)37)26(36)28(17,38)25(35)18(14)23(19)33/h7,12,14,17,21,30,32,34-35,38H,6,8-11H2,1-5H3,(H2,29,37)/t14-,17-,21+,28-/m0/s1. The van der Waals surface area contributed by atoms with Gasteiger partial charge in [-0.25, -0.2) is 0 Å². The van der Waals surface area contributed by atoms with E-state index in [1.807, 2.05) is 13.0 Å². The molecule has 10 nitrogen and oxygen atoms in total. The number of primary amides is 1. The average Bonchev–Trinajstić information content (AvgIpc) is 2.82. The minimum absolute atomic E-state index is 0.0616. The number of rotatable bonds is 7. The van der Waals surface area contributed by atoms with Crippen LogP contribution >= 0.6 is 0 Å². The van der Waals surface area contributed by atoms with E-state index in [4.69, 9.17) is 5.73 Å². The van der Waals surface area contributed by atoms with Crippen molar-refractivity contribution in [1.29, 1.82) is 0 Å². The fourth-order valence-electron chi connectivity index (χ4n) is 6.40. The summed E-state index contributed by atoms with van der Waals surface area (Å²) in [5.74, 6) is -5.98. The van der Waals surface area contributed by atoms with Gasteiger partial charge in [0.2, 0.25) is 5.78 Å². The number of carbonyl (C=O) groups is 3. The number of likely N-dealkylation sites (N-methyl/N-ethyl adjacent to an activating group) is 1. The average molecular weight is 528 g/mol. The summed E-state index contributed by atoms with van der Waals surface area (Å²) in [6.07, 6.45) is 0.987. The van der Waals surface area contributed by atoms with E-state index in [-0.39, 0.29) is 23.3 Å². The van der Waals surface area contributed by atoms with Gasteiger partial charge in [0.25, 0.3) is 5.91 Å². The Morgan fingerprint density at radius 2 is 1.87 bits per heavy atom. The zero-order valence-corrected chi connectivity index (χ0v) is 22.5. The molecule has 10 heteroatoms. The smallest absolute Gasteiger partial charge is 0.255 e. The van der Waals surface area contributed by atoms with Crippen LogP contribution in [0.1, 0.15) is 54.2 Å². The fraction of sp³-hybridized carbons (Fsp3) is 0.536. The largest absolute Gasteiger partial charge is 0.510 e. The van der Waals surface area contributed by atoms with Gasteiger partial charge in [0.1, 0.15) is 22.8 Å². The number of ketones is 2. The summed E-state index contributed by atoms with van der Waals surface area (Å²) < 4.78 is 0. The van der Waals surface area contributed by atoms with E-state index in [2.05, 4.69) is 19.2 Å². The third-order valence-corrected chi connectivity index (χ3v) is 8.14. The molecule has 1 aromatic carbocycles. The number of aryl methyl sites for hydroxylation is 1. The number of phenols is 1. The van der Waals surface area contributed by atoms with Crippen LogP contribution in [0.15, 0.2) is 28.7 Å². The van der Waals surface area contributed by atoms with E-state index >= 15 is 0 Å². The molecule has 0 unspecified atom stereocenters. The van der Waals surface area contributed by atoms with Gasteiger partial charge in [0, 0.05) is 23.6 Å². The molecule has 0 bridgehead atoms. The maximum absolute atomic E-state index is 13.9. The molecule has 0 radical (unpaired) electrons. The Hall–Kier alpha value is -3.21. The molecule has 0 aromatic heterocycles. The van der Waals surface area contributed by atoms with Crippen molar-refractivity contribution in [3.05, 3.63) is 51.0 Å². The number of nitrogens with two attached hydrogens (primary N) is 1. The number of nitrogens with one attached hydrogen (secondary N) is 1. The molecular weight excluding hydrogens is 490 g/mol. The highest BCUT2D eigenvalue weighted by molar-refractivity contribution is 6.24. The van der Waals surface area contributed by atoms with E-state index in [0.29, 0.717) is 43.0 Å². The number of hydrogen-bond donors (Lipinski definition) is 6. The van der Waals surface area contributed by atoms with Crippen molar-refractivity contribution in [3.63, 3.8) is 0 Å². The molecule has 1 amide bonds. The summed E-state index contributed by atoms with van der Waals surface area (Å²) in [6, 6.07) is 0.886. The molecule has 0 saturated carbocycles. The van der Waals surface area contributed by atoms with Crippen LogP contribution < -0.4 is 11.1 Å². The number of nitrogens with zero attached hydrogens (tertiary/aromatic N) is 1. The number of amides is 1. The highest BCUT2D eigenvalue weighted by Gasteiger charge is 2.63. The second-order valence-electron chi connectivity index (χ2n) is 11.2. The Balaban J connectivity index is 1.89. The second-order valence-corrected chi connectivity index (χ2v) is 11.2. The SMILES string of the molecule is CCc1cc(CNCC(C)C)c(O)c2c1C[C@H]1C[C@H]3[C@@H](N(C)C)C(O)=C(C(N)=O)C(=O)[C@@]3(O)C(O)=C1C2=O. The Bertz CT molecular complexity index is 1280. The number of phenolic OH excluding ortho intramolecular Hbond substituents is 1. The number of aromatic hydroxyl groups is 1. The van der Waals surface area contributed by atoms with Crippen LogP contribution in [0.5, 0.6) is 5.75 Å². The maximum Gasteiger partial charge on any atom is 0.255 e. The molecule has 1 aromatic rings. The quantitative estimate of drug-likeness (QED) is 0.287. The van der Waals surface area contributed by atoms with Crippen LogP contribution in [0.25, 0.3) is 0 Å². The predicted molar refractivity (Wildman–Crippen MR) is 140 cm³/mol. The van der Waals surface area contributed by atoms with Gasteiger partial charge in [-0.3, -0.25) is 19.3 Å². The molecule has 4 atom stereocenters. The molecule has 0 saturated heterocycles. The highest BCUT2D eigenvalue weighted by atomic mass is 16.3. The first kappa shape index (κ1) is 27.8. The van der Waals surface area contributed by atoms with Crippen molar-refractivity contribution < 1.29 is 34.8 Å². The highest BCUT2D eigenvalue weighted by Crippen LogP contribution is 2.52. The first-order chi connectivity index (χ1) is 17.8. The number of allylic oxidation sites excluding steroid dienone is 1. The maximum atomic E-state index is 13.9. The van der Waals surface area contributed by atoms with Crippen molar-refractivity contribution in [2.45, 2.75) is 58.2 Å². The molecule has 0 spiro atoms. The van der Waals surface area contributed by atoms with Crippen LogP contribution in [0.4, 0.5) is 0 Å². The monoisotopic (exact) mass is 527 g/mol. The van der Waals surface area contributed by atoms with Crippen LogP contribution in [-0.4, -0.2) is 75.1 Å². The van der Waals surface area contributed by atoms with Gasteiger partial charge in [0.15, 0.2) is 11.4 Å². The minimum Gasteiger partial charge on any atom is -0.510 e. The van der Waals surface area contributed by atoms with Crippen LogP contribution in [0.3, 0.4) is 0 Å². The molecular formula is C28H37N3O7. The van der Waals surface area contributed by atoms with E-state index in [1.54, 1.807) is 14.1 Å². The van der Waals surface area contributed by atoms with E-state index in [0.717, 1.165) is 5.56 Å². The van der Waals surface area contributed by atoms with Crippen LogP contribution in [-0.2, 0) is 29.0 Å². The van der Waals surface area contributed by atoms with Gasteiger partial charge in [-0.05, 0) is 62.9 Å².